The van der Waals surface area contributed by atoms with Crippen LogP contribution >= 0.6 is 11.3 Å². The fourth-order valence-electron chi connectivity index (χ4n) is 1.94. The van der Waals surface area contributed by atoms with Gasteiger partial charge in [-0.25, -0.2) is 4.79 Å². The number of benzene rings is 1. The van der Waals surface area contributed by atoms with E-state index in [1.807, 2.05) is 24.4 Å². The quantitative estimate of drug-likeness (QED) is 0.760. The Kier molecular flexibility index (Phi) is 5.99. The number of carbonyl (C=O) groups excluding carboxylic acids is 2. The van der Waals surface area contributed by atoms with Crippen LogP contribution in [-0.4, -0.2) is 25.6 Å². The first kappa shape index (κ1) is 16.8. The Morgan fingerprint density at radius 3 is 2.78 bits per heavy atom. The lowest BCUT2D eigenvalue weighted by Gasteiger charge is -2.13. The molecule has 0 aliphatic heterocycles. The van der Waals surface area contributed by atoms with Gasteiger partial charge >= 0.3 is 6.03 Å². The largest absolute Gasteiger partial charge is 0.497 e. The highest BCUT2D eigenvalue weighted by Gasteiger charge is 2.11. The number of urea groups is 1. The number of hydrogen-bond acceptors (Lipinski definition) is 4. The number of carbonyl (C=O) groups is 2. The minimum Gasteiger partial charge on any atom is -0.497 e. The van der Waals surface area contributed by atoms with Crippen molar-refractivity contribution in [1.82, 2.24) is 10.6 Å². The molecule has 2 rings (SSSR count). The monoisotopic (exact) mass is 333 g/mol. The summed E-state index contributed by atoms with van der Waals surface area (Å²) in [5.41, 5.74) is 0.592. The lowest BCUT2D eigenvalue weighted by Crippen LogP contribution is -2.39. The molecule has 7 heteroatoms. The summed E-state index contributed by atoms with van der Waals surface area (Å²) in [5, 5.41) is 9.95. The molecule has 122 valence electrons. The molecular formula is C16H19N3O3S. The van der Waals surface area contributed by atoms with Gasteiger partial charge in [0.1, 0.15) is 5.75 Å². The minimum absolute atomic E-state index is 0.0780. The average molecular weight is 333 g/mol. The molecule has 6 nitrogen and oxygen atoms in total. The molecule has 2 aromatic rings. The van der Waals surface area contributed by atoms with E-state index in [-0.39, 0.29) is 18.5 Å². The zero-order valence-electron chi connectivity index (χ0n) is 13.0. The van der Waals surface area contributed by atoms with E-state index in [2.05, 4.69) is 16.0 Å². The van der Waals surface area contributed by atoms with Gasteiger partial charge in [-0.3, -0.25) is 4.79 Å². The van der Waals surface area contributed by atoms with Crippen molar-refractivity contribution < 1.29 is 14.3 Å². The average Bonchev–Trinajstić information content (AvgIpc) is 3.07. The molecule has 1 atom stereocenters. The molecule has 3 N–H and O–H groups in total. The van der Waals surface area contributed by atoms with Gasteiger partial charge in [-0.1, -0.05) is 12.1 Å². The fourth-order valence-corrected chi connectivity index (χ4v) is 2.67. The standard InChI is InChI=1S/C16H19N3O3S/c1-11(14-7-4-8-23-14)18-15(20)10-17-16(21)19-12-5-3-6-13(9-12)22-2/h3-9,11H,10H2,1-2H3,(H,18,20)(H2,17,19,21). The lowest BCUT2D eigenvalue weighted by atomic mass is 10.3. The summed E-state index contributed by atoms with van der Waals surface area (Å²) in [5.74, 6) is 0.400. The third-order valence-electron chi connectivity index (χ3n) is 3.08. The number of nitrogens with one attached hydrogen (secondary N) is 3. The second-order valence-electron chi connectivity index (χ2n) is 4.84. The Hall–Kier alpha value is -2.54. The first-order valence-corrected chi connectivity index (χ1v) is 7.98. The smallest absolute Gasteiger partial charge is 0.319 e. The third-order valence-corrected chi connectivity index (χ3v) is 4.14. The number of methoxy groups -OCH3 is 1. The molecule has 0 fully saturated rings. The molecular weight excluding hydrogens is 314 g/mol. The highest BCUT2D eigenvalue weighted by Crippen LogP contribution is 2.18. The van der Waals surface area contributed by atoms with Crippen LogP contribution in [0, 0.1) is 0 Å². The topological polar surface area (TPSA) is 79.5 Å². The van der Waals surface area contributed by atoms with Crippen LogP contribution in [0.2, 0.25) is 0 Å². The van der Waals surface area contributed by atoms with Gasteiger partial charge in [0, 0.05) is 16.6 Å². The van der Waals surface area contributed by atoms with Gasteiger partial charge in [0.05, 0.1) is 19.7 Å². The molecule has 0 radical (unpaired) electrons. The van der Waals surface area contributed by atoms with Crippen molar-refractivity contribution in [3.63, 3.8) is 0 Å². The molecule has 0 saturated carbocycles. The van der Waals surface area contributed by atoms with E-state index in [0.717, 1.165) is 4.88 Å². The van der Waals surface area contributed by atoms with E-state index in [9.17, 15) is 9.59 Å². The van der Waals surface area contributed by atoms with Crippen molar-refractivity contribution in [1.29, 1.82) is 0 Å². The van der Waals surface area contributed by atoms with Gasteiger partial charge in [-0.2, -0.15) is 0 Å². The molecule has 23 heavy (non-hydrogen) atoms. The predicted molar refractivity (Wildman–Crippen MR) is 90.9 cm³/mol. The van der Waals surface area contributed by atoms with Crippen LogP contribution in [0.1, 0.15) is 17.8 Å². The molecule has 0 bridgehead atoms. The summed E-state index contributed by atoms with van der Waals surface area (Å²) in [4.78, 5) is 24.7. The first-order valence-electron chi connectivity index (χ1n) is 7.10. The van der Waals surface area contributed by atoms with Crippen molar-refractivity contribution in [3.8, 4) is 5.75 Å². The number of thiophene rings is 1. The van der Waals surface area contributed by atoms with Crippen LogP contribution in [0.4, 0.5) is 10.5 Å². The van der Waals surface area contributed by atoms with E-state index in [1.165, 1.54) is 0 Å². The van der Waals surface area contributed by atoms with Gasteiger partial charge in [0.25, 0.3) is 0 Å². The Morgan fingerprint density at radius 2 is 2.09 bits per heavy atom. The van der Waals surface area contributed by atoms with Crippen LogP contribution < -0.4 is 20.7 Å². The molecule has 1 aromatic carbocycles. The van der Waals surface area contributed by atoms with Crippen LogP contribution in [0.5, 0.6) is 5.75 Å². The highest BCUT2D eigenvalue weighted by molar-refractivity contribution is 7.10. The minimum atomic E-state index is -0.447. The van der Waals surface area contributed by atoms with Crippen molar-refractivity contribution >= 4 is 29.0 Å². The maximum Gasteiger partial charge on any atom is 0.319 e. The molecule has 0 saturated heterocycles. The van der Waals surface area contributed by atoms with Crippen LogP contribution in [0.15, 0.2) is 41.8 Å². The fraction of sp³-hybridized carbons (Fsp3) is 0.250. The maximum absolute atomic E-state index is 11.8. The molecule has 0 aliphatic carbocycles. The van der Waals surface area contributed by atoms with E-state index < -0.39 is 6.03 Å². The van der Waals surface area contributed by atoms with Crippen molar-refractivity contribution in [3.05, 3.63) is 46.7 Å². The number of amides is 3. The Morgan fingerprint density at radius 1 is 1.26 bits per heavy atom. The molecule has 1 aromatic heterocycles. The molecule has 0 spiro atoms. The van der Waals surface area contributed by atoms with E-state index in [0.29, 0.717) is 11.4 Å². The Balaban J connectivity index is 1.76. The second-order valence-corrected chi connectivity index (χ2v) is 5.82. The summed E-state index contributed by atoms with van der Waals surface area (Å²) in [6, 6.07) is 10.3. The van der Waals surface area contributed by atoms with Crippen LogP contribution in [0.3, 0.4) is 0 Å². The van der Waals surface area contributed by atoms with Gasteiger partial charge in [0.2, 0.25) is 5.91 Å². The first-order chi connectivity index (χ1) is 11.1. The Bertz CT molecular complexity index is 658. The predicted octanol–water partition coefficient (Wildman–Crippen LogP) is 2.76. The highest BCUT2D eigenvalue weighted by atomic mass is 32.1. The van der Waals surface area contributed by atoms with E-state index >= 15 is 0 Å². The zero-order valence-corrected chi connectivity index (χ0v) is 13.8. The van der Waals surface area contributed by atoms with Crippen molar-refractivity contribution in [2.45, 2.75) is 13.0 Å². The van der Waals surface area contributed by atoms with Gasteiger partial charge in [-0.05, 0) is 30.5 Å². The van der Waals surface area contributed by atoms with Gasteiger partial charge in [-0.15, -0.1) is 11.3 Å². The molecule has 0 aliphatic rings. The summed E-state index contributed by atoms with van der Waals surface area (Å²) < 4.78 is 5.08. The summed E-state index contributed by atoms with van der Waals surface area (Å²) in [6.07, 6.45) is 0. The zero-order chi connectivity index (χ0) is 16.7. The lowest BCUT2D eigenvalue weighted by molar-refractivity contribution is -0.120. The van der Waals surface area contributed by atoms with Gasteiger partial charge in [0.15, 0.2) is 0 Å². The molecule has 3 amide bonds. The summed E-state index contributed by atoms with van der Waals surface area (Å²) in [7, 11) is 1.55. The normalized spacial score (nSPS) is 11.4. The van der Waals surface area contributed by atoms with Crippen LogP contribution in [0.25, 0.3) is 0 Å². The van der Waals surface area contributed by atoms with Crippen LogP contribution in [-0.2, 0) is 4.79 Å². The number of ether oxygens (including phenoxy) is 1. The third kappa shape index (κ3) is 5.30. The summed E-state index contributed by atoms with van der Waals surface area (Å²) in [6.45, 7) is 1.81. The second kappa shape index (κ2) is 8.19. The van der Waals surface area contributed by atoms with E-state index in [4.69, 9.17) is 4.74 Å². The van der Waals surface area contributed by atoms with Gasteiger partial charge < -0.3 is 20.7 Å². The van der Waals surface area contributed by atoms with Crippen molar-refractivity contribution in [2.24, 2.45) is 0 Å². The SMILES string of the molecule is COc1cccc(NC(=O)NCC(=O)NC(C)c2cccs2)c1. The molecule has 1 heterocycles. The maximum atomic E-state index is 11.8. The number of rotatable bonds is 6. The number of hydrogen-bond donors (Lipinski definition) is 3. The summed E-state index contributed by atoms with van der Waals surface area (Å²) >= 11 is 1.58. The molecule has 1 unspecified atom stereocenters. The van der Waals surface area contributed by atoms with Crippen molar-refractivity contribution in [2.75, 3.05) is 19.0 Å². The van der Waals surface area contributed by atoms with E-state index in [1.54, 1.807) is 42.7 Å². The Labute approximate surface area is 138 Å². The number of anilines is 1.